The van der Waals surface area contributed by atoms with Crippen LogP contribution in [0.15, 0.2) is 54.6 Å². The van der Waals surface area contributed by atoms with Crippen molar-refractivity contribution in [1.29, 1.82) is 0 Å². The lowest BCUT2D eigenvalue weighted by molar-refractivity contribution is -0.140. The smallest absolute Gasteiger partial charge is 0.314 e. The highest BCUT2D eigenvalue weighted by atomic mass is 19.2. The predicted octanol–water partition coefficient (Wildman–Crippen LogP) is 7.06. The molecular formula is C28H27F3O4. The zero-order chi connectivity index (χ0) is 24.9. The number of benzene rings is 3. The Kier molecular flexibility index (Phi) is 7.63. The monoisotopic (exact) mass is 484 g/mol. The third-order valence-electron chi connectivity index (χ3n) is 6.44. The average Bonchev–Trinajstić information content (AvgIpc) is 2.87. The summed E-state index contributed by atoms with van der Waals surface area (Å²) in [5.74, 6) is -2.74. The fourth-order valence-corrected chi connectivity index (χ4v) is 4.53. The topological polar surface area (TPSA) is 44.8 Å². The van der Waals surface area contributed by atoms with Gasteiger partial charge in [-0.05, 0) is 73.9 Å². The van der Waals surface area contributed by atoms with Gasteiger partial charge in [0.1, 0.15) is 11.5 Å². The fourth-order valence-electron chi connectivity index (χ4n) is 4.53. The van der Waals surface area contributed by atoms with Crippen LogP contribution < -0.4 is 14.2 Å². The average molecular weight is 485 g/mol. The molecule has 4 nitrogen and oxygen atoms in total. The van der Waals surface area contributed by atoms with Gasteiger partial charge in [-0.2, -0.15) is 0 Å². The number of esters is 1. The Labute approximate surface area is 202 Å². The molecule has 0 aliphatic heterocycles. The van der Waals surface area contributed by atoms with E-state index in [0.717, 1.165) is 0 Å². The van der Waals surface area contributed by atoms with Crippen LogP contribution in [0.5, 0.6) is 17.2 Å². The molecule has 0 bridgehead atoms. The number of hydrogen-bond donors (Lipinski definition) is 0. The number of carbonyl (C=O) groups is 1. The summed E-state index contributed by atoms with van der Waals surface area (Å²) in [5, 5.41) is 0. The molecule has 1 aliphatic carbocycles. The highest BCUT2D eigenvalue weighted by Crippen LogP contribution is 2.39. The minimum atomic E-state index is -0.889. The number of halogens is 3. The van der Waals surface area contributed by atoms with Crippen LogP contribution in [0.2, 0.25) is 0 Å². The molecule has 0 saturated heterocycles. The van der Waals surface area contributed by atoms with Crippen LogP contribution in [-0.2, 0) is 4.79 Å². The molecule has 0 atom stereocenters. The van der Waals surface area contributed by atoms with E-state index in [9.17, 15) is 13.6 Å². The van der Waals surface area contributed by atoms with Crippen LogP contribution in [0.1, 0.15) is 44.1 Å². The largest absolute Gasteiger partial charge is 0.497 e. The van der Waals surface area contributed by atoms with E-state index in [0.29, 0.717) is 54.9 Å². The van der Waals surface area contributed by atoms with Crippen molar-refractivity contribution in [3.05, 3.63) is 77.6 Å². The minimum absolute atomic E-state index is 0.150. The van der Waals surface area contributed by atoms with Crippen molar-refractivity contribution >= 4 is 5.97 Å². The van der Waals surface area contributed by atoms with Gasteiger partial charge in [0.25, 0.3) is 0 Å². The van der Waals surface area contributed by atoms with Gasteiger partial charge < -0.3 is 14.2 Å². The Morgan fingerprint density at radius 1 is 0.886 bits per heavy atom. The van der Waals surface area contributed by atoms with Crippen LogP contribution in [0, 0.1) is 23.4 Å². The third kappa shape index (κ3) is 5.45. The summed E-state index contributed by atoms with van der Waals surface area (Å²) in [6, 6.07) is 14.0. The molecule has 0 heterocycles. The summed E-state index contributed by atoms with van der Waals surface area (Å²) in [6.07, 6.45) is 1.90. The number of hydrogen-bond acceptors (Lipinski definition) is 4. The second-order valence-electron chi connectivity index (χ2n) is 8.55. The SMILES string of the molecule is CCOc1ccc(OC(=O)C2CCC(c3ccc(-c4ccc(OC)cc4)c(F)c3F)CC2)c(F)c1. The van der Waals surface area contributed by atoms with E-state index < -0.39 is 29.3 Å². The first-order valence-electron chi connectivity index (χ1n) is 11.7. The predicted molar refractivity (Wildman–Crippen MR) is 126 cm³/mol. The first kappa shape index (κ1) is 24.6. The lowest BCUT2D eigenvalue weighted by atomic mass is 9.78. The normalized spacial score (nSPS) is 17.6. The first-order chi connectivity index (χ1) is 16.9. The van der Waals surface area contributed by atoms with Gasteiger partial charge in [-0.1, -0.05) is 24.3 Å². The second-order valence-corrected chi connectivity index (χ2v) is 8.55. The molecule has 1 saturated carbocycles. The Morgan fingerprint density at radius 3 is 2.20 bits per heavy atom. The van der Waals surface area contributed by atoms with E-state index in [4.69, 9.17) is 14.2 Å². The van der Waals surface area contributed by atoms with Crippen molar-refractivity contribution in [3.8, 4) is 28.4 Å². The minimum Gasteiger partial charge on any atom is -0.497 e. The van der Waals surface area contributed by atoms with Crippen LogP contribution >= 0.6 is 0 Å². The highest BCUT2D eigenvalue weighted by Gasteiger charge is 2.31. The van der Waals surface area contributed by atoms with Crippen molar-refractivity contribution in [3.63, 3.8) is 0 Å². The van der Waals surface area contributed by atoms with Gasteiger partial charge >= 0.3 is 5.97 Å². The van der Waals surface area contributed by atoms with E-state index in [1.807, 2.05) is 0 Å². The quantitative estimate of drug-likeness (QED) is 0.266. The van der Waals surface area contributed by atoms with Gasteiger partial charge in [-0.25, -0.2) is 13.2 Å². The van der Waals surface area contributed by atoms with Crippen LogP contribution in [0.25, 0.3) is 11.1 Å². The summed E-state index contributed by atoms with van der Waals surface area (Å²) in [5.41, 5.74) is 1.05. The van der Waals surface area contributed by atoms with Gasteiger partial charge in [-0.3, -0.25) is 4.79 Å². The number of carbonyl (C=O) groups excluding carboxylic acids is 1. The molecule has 3 aromatic rings. The van der Waals surface area contributed by atoms with E-state index in [2.05, 4.69) is 0 Å². The lowest BCUT2D eigenvalue weighted by Crippen LogP contribution is -2.25. The highest BCUT2D eigenvalue weighted by molar-refractivity contribution is 5.75. The van der Waals surface area contributed by atoms with Crippen molar-refractivity contribution in [2.24, 2.45) is 5.92 Å². The van der Waals surface area contributed by atoms with Crippen molar-refractivity contribution in [2.75, 3.05) is 13.7 Å². The van der Waals surface area contributed by atoms with Crippen LogP contribution in [0.3, 0.4) is 0 Å². The molecule has 4 rings (SSSR count). The van der Waals surface area contributed by atoms with E-state index in [1.54, 1.807) is 49.4 Å². The van der Waals surface area contributed by atoms with Crippen molar-refractivity contribution in [1.82, 2.24) is 0 Å². The van der Waals surface area contributed by atoms with Gasteiger partial charge in [0.05, 0.1) is 19.6 Å². The Balaban J connectivity index is 1.40. The van der Waals surface area contributed by atoms with Gasteiger partial charge in [0, 0.05) is 11.6 Å². The molecule has 0 spiro atoms. The molecule has 0 amide bonds. The maximum absolute atomic E-state index is 15.0. The maximum Gasteiger partial charge on any atom is 0.314 e. The van der Waals surface area contributed by atoms with Gasteiger partial charge in [0.2, 0.25) is 0 Å². The molecule has 7 heteroatoms. The zero-order valence-corrected chi connectivity index (χ0v) is 19.7. The maximum atomic E-state index is 15.0. The summed E-state index contributed by atoms with van der Waals surface area (Å²) in [4.78, 5) is 12.6. The number of rotatable bonds is 7. The van der Waals surface area contributed by atoms with Crippen LogP contribution in [0.4, 0.5) is 13.2 Å². The summed E-state index contributed by atoms with van der Waals surface area (Å²) >= 11 is 0. The zero-order valence-electron chi connectivity index (χ0n) is 19.7. The first-order valence-corrected chi connectivity index (χ1v) is 11.7. The molecule has 1 fully saturated rings. The van der Waals surface area contributed by atoms with E-state index in [-0.39, 0.29) is 17.2 Å². The Bertz CT molecular complexity index is 1190. The van der Waals surface area contributed by atoms with Crippen molar-refractivity contribution < 1.29 is 32.2 Å². The van der Waals surface area contributed by atoms with Crippen LogP contribution in [-0.4, -0.2) is 19.7 Å². The fraction of sp³-hybridized carbons (Fsp3) is 0.321. The third-order valence-corrected chi connectivity index (χ3v) is 6.44. The molecule has 1 aliphatic rings. The van der Waals surface area contributed by atoms with E-state index >= 15 is 4.39 Å². The summed E-state index contributed by atoms with van der Waals surface area (Å²) in [6.45, 7) is 2.19. The summed E-state index contributed by atoms with van der Waals surface area (Å²) < 4.78 is 59.8. The number of ether oxygens (including phenoxy) is 3. The molecule has 3 aromatic carbocycles. The van der Waals surface area contributed by atoms with E-state index in [1.165, 1.54) is 19.2 Å². The number of methoxy groups -OCH3 is 1. The van der Waals surface area contributed by atoms with Gasteiger partial charge in [-0.15, -0.1) is 0 Å². The standard InChI is InChI=1S/C28H27F3O4/c1-3-34-21-12-15-25(24(29)16-21)35-28(32)19-6-4-17(5-7-19)22-13-14-23(27(31)26(22)30)18-8-10-20(33-2)11-9-18/h8-17,19H,3-7H2,1-2H3. The molecule has 35 heavy (non-hydrogen) atoms. The molecular weight excluding hydrogens is 457 g/mol. The molecule has 184 valence electrons. The molecule has 0 unspecified atom stereocenters. The Hall–Kier alpha value is -3.48. The Morgan fingerprint density at radius 2 is 1.57 bits per heavy atom. The molecule has 0 radical (unpaired) electrons. The van der Waals surface area contributed by atoms with Gasteiger partial charge in [0.15, 0.2) is 23.2 Å². The second kappa shape index (κ2) is 10.8. The molecule has 0 aromatic heterocycles. The lowest BCUT2D eigenvalue weighted by Gasteiger charge is -2.28. The molecule has 0 N–H and O–H groups in total. The van der Waals surface area contributed by atoms with Crippen molar-refractivity contribution in [2.45, 2.75) is 38.5 Å². The summed E-state index contributed by atoms with van der Waals surface area (Å²) in [7, 11) is 1.54.